The second-order valence-corrected chi connectivity index (χ2v) is 5.41. The Morgan fingerprint density at radius 3 is 2.81 bits per heavy atom. The van der Waals surface area contributed by atoms with Gasteiger partial charge < -0.3 is 10.6 Å². The van der Waals surface area contributed by atoms with Crippen molar-refractivity contribution in [3.05, 3.63) is 67.1 Å². The van der Waals surface area contributed by atoms with Gasteiger partial charge >= 0.3 is 6.03 Å². The number of hydrogen-bond acceptors (Lipinski definition) is 7. The largest absolute Gasteiger partial charge is 0.334 e. The van der Waals surface area contributed by atoms with Crippen LogP contribution in [-0.2, 0) is 6.54 Å². The zero-order valence-electron chi connectivity index (χ0n) is 14.0. The van der Waals surface area contributed by atoms with Crippen LogP contribution in [0.2, 0.25) is 0 Å². The first-order valence-electron chi connectivity index (χ1n) is 7.97. The molecule has 4 rings (SSSR count). The minimum atomic E-state index is -0.371. The van der Waals surface area contributed by atoms with Crippen LogP contribution in [0.4, 0.5) is 10.5 Å². The third-order valence-corrected chi connectivity index (χ3v) is 3.69. The SMILES string of the molecule is O=C(NCc1cccnc1-n1cncn1)Nc1ccccc1-n1cnnn1. The molecule has 4 aromatic rings. The highest BCUT2D eigenvalue weighted by atomic mass is 16.2. The van der Waals surface area contributed by atoms with Crippen molar-refractivity contribution in [2.24, 2.45) is 0 Å². The van der Waals surface area contributed by atoms with Crippen molar-refractivity contribution in [2.45, 2.75) is 6.54 Å². The maximum atomic E-state index is 12.4. The fourth-order valence-electron chi connectivity index (χ4n) is 2.48. The van der Waals surface area contributed by atoms with E-state index in [-0.39, 0.29) is 12.6 Å². The molecule has 11 heteroatoms. The van der Waals surface area contributed by atoms with E-state index in [9.17, 15) is 4.79 Å². The highest BCUT2D eigenvalue weighted by molar-refractivity contribution is 5.91. The van der Waals surface area contributed by atoms with Gasteiger partial charge in [0.2, 0.25) is 0 Å². The first kappa shape index (κ1) is 16.3. The van der Waals surface area contributed by atoms with E-state index in [1.807, 2.05) is 18.2 Å². The molecule has 3 aromatic heterocycles. The van der Waals surface area contributed by atoms with Crippen LogP contribution < -0.4 is 10.6 Å². The number of benzene rings is 1. The van der Waals surface area contributed by atoms with Gasteiger partial charge in [-0.15, -0.1) is 5.10 Å². The Morgan fingerprint density at radius 2 is 2.00 bits per heavy atom. The van der Waals surface area contributed by atoms with Gasteiger partial charge in [-0.05, 0) is 28.6 Å². The van der Waals surface area contributed by atoms with Crippen molar-refractivity contribution in [3.8, 4) is 11.5 Å². The summed E-state index contributed by atoms with van der Waals surface area (Å²) in [6, 6.07) is 10.5. The number of carbonyl (C=O) groups excluding carboxylic acids is 1. The molecule has 0 saturated carbocycles. The maximum Gasteiger partial charge on any atom is 0.319 e. The minimum absolute atomic E-state index is 0.266. The van der Waals surface area contributed by atoms with Crippen LogP contribution in [0.15, 0.2) is 61.6 Å². The van der Waals surface area contributed by atoms with Crippen LogP contribution in [0, 0.1) is 0 Å². The summed E-state index contributed by atoms with van der Waals surface area (Å²) < 4.78 is 3.02. The first-order valence-corrected chi connectivity index (χ1v) is 7.97. The number of pyridine rings is 1. The average molecular weight is 362 g/mol. The predicted molar refractivity (Wildman–Crippen MR) is 94.2 cm³/mol. The van der Waals surface area contributed by atoms with Crippen molar-refractivity contribution in [3.63, 3.8) is 0 Å². The van der Waals surface area contributed by atoms with Gasteiger partial charge in [-0.25, -0.2) is 19.4 Å². The Hall–Kier alpha value is -4.15. The lowest BCUT2D eigenvalue weighted by atomic mass is 10.2. The van der Waals surface area contributed by atoms with E-state index >= 15 is 0 Å². The van der Waals surface area contributed by atoms with Crippen LogP contribution in [0.1, 0.15) is 5.56 Å². The summed E-state index contributed by atoms with van der Waals surface area (Å²) in [4.78, 5) is 20.6. The van der Waals surface area contributed by atoms with Gasteiger partial charge in [0, 0.05) is 18.3 Å². The molecule has 0 fully saturated rings. The number of aromatic nitrogens is 8. The second-order valence-electron chi connectivity index (χ2n) is 5.41. The molecular weight excluding hydrogens is 348 g/mol. The van der Waals surface area contributed by atoms with E-state index in [0.717, 1.165) is 5.56 Å². The van der Waals surface area contributed by atoms with Crippen LogP contribution in [-0.4, -0.2) is 46.0 Å². The molecule has 0 unspecified atom stereocenters. The third kappa shape index (κ3) is 3.61. The van der Waals surface area contributed by atoms with Gasteiger partial charge in [-0.2, -0.15) is 9.78 Å². The molecule has 2 amide bonds. The van der Waals surface area contributed by atoms with E-state index in [1.54, 1.807) is 35.4 Å². The zero-order valence-corrected chi connectivity index (χ0v) is 14.0. The Balaban J connectivity index is 1.47. The first-order chi connectivity index (χ1) is 13.3. The van der Waals surface area contributed by atoms with Gasteiger partial charge in [0.05, 0.1) is 11.4 Å². The maximum absolute atomic E-state index is 12.4. The van der Waals surface area contributed by atoms with Crippen molar-refractivity contribution in [1.29, 1.82) is 0 Å². The topological polar surface area (TPSA) is 128 Å². The van der Waals surface area contributed by atoms with E-state index in [4.69, 9.17) is 0 Å². The zero-order chi connectivity index (χ0) is 18.5. The van der Waals surface area contributed by atoms with E-state index < -0.39 is 0 Å². The monoisotopic (exact) mass is 362 g/mol. The highest BCUT2D eigenvalue weighted by Crippen LogP contribution is 2.18. The number of para-hydroxylation sites is 2. The summed E-state index contributed by atoms with van der Waals surface area (Å²) in [5.41, 5.74) is 2.03. The number of amides is 2. The molecule has 134 valence electrons. The molecule has 3 heterocycles. The predicted octanol–water partition coefficient (Wildman–Crippen LogP) is 0.960. The molecule has 0 bridgehead atoms. The number of hydrogen-bond donors (Lipinski definition) is 2. The average Bonchev–Trinajstić information content (AvgIpc) is 3.41. The summed E-state index contributed by atoms with van der Waals surface area (Å²) in [6.45, 7) is 0.266. The smallest absolute Gasteiger partial charge is 0.319 e. The number of tetrazole rings is 1. The lowest BCUT2D eigenvalue weighted by Crippen LogP contribution is -2.29. The molecule has 27 heavy (non-hydrogen) atoms. The van der Waals surface area contributed by atoms with Gasteiger partial charge in [-0.1, -0.05) is 18.2 Å². The van der Waals surface area contributed by atoms with Crippen LogP contribution in [0.3, 0.4) is 0 Å². The molecule has 0 aliphatic rings. The van der Waals surface area contributed by atoms with Crippen molar-refractivity contribution in [1.82, 2.24) is 45.3 Å². The van der Waals surface area contributed by atoms with E-state index in [2.05, 4.69) is 41.2 Å². The summed E-state index contributed by atoms with van der Waals surface area (Å²) in [7, 11) is 0. The number of anilines is 1. The molecule has 0 aliphatic heterocycles. The van der Waals surface area contributed by atoms with E-state index in [1.165, 1.54) is 17.3 Å². The molecule has 0 saturated heterocycles. The number of urea groups is 1. The van der Waals surface area contributed by atoms with Crippen molar-refractivity contribution >= 4 is 11.7 Å². The molecule has 1 aromatic carbocycles. The molecule has 2 N–H and O–H groups in total. The van der Waals surface area contributed by atoms with Crippen molar-refractivity contribution < 1.29 is 4.79 Å². The molecule has 0 radical (unpaired) electrons. The Labute approximate surface area is 153 Å². The van der Waals surface area contributed by atoms with Crippen LogP contribution in [0.25, 0.3) is 11.5 Å². The third-order valence-electron chi connectivity index (χ3n) is 3.69. The number of nitrogens with one attached hydrogen (secondary N) is 2. The fourth-order valence-corrected chi connectivity index (χ4v) is 2.48. The normalized spacial score (nSPS) is 10.5. The van der Waals surface area contributed by atoms with Gasteiger partial charge in [0.15, 0.2) is 5.82 Å². The molecular formula is C16H14N10O. The Kier molecular flexibility index (Phi) is 4.47. The van der Waals surface area contributed by atoms with Gasteiger partial charge in [0.25, 0.3) is 0 Å². The molecule has 0 spiro atoms. The second kappa shape index (κ2) is 7.39. The number of nitrogens with zero attached hydrogens (tertiary/aromatic N) is 8. The lowest BCUT2D eigenvalue weighted by Gasteiger charge is -2.12. The van der Waals surface area contributed by atoms with Crippen LogP contribution >= 0.6 is 0 Å². The van der Waals surface area contributed by atoms with Gasteiger partial charge in [0.1, 0.15) is 19.0 Å². The number of rotatable bonds is 5. The summed E-state index contributed by atoms with van der Waals surface area (Å²) >= 11 is 0. The minimum Gasteiger partial charge on any atom is -0.334 e. The lowest BCUT2D eigenvalue weighted by molar-refractivity contribution is 0.251. The number of carbonyl (C=O) groups is 1. The molecule has 11 nitrogen and oxygen atoms in total. The van der Waals surface area contributed by atoms with Crippen molar-refractivity contribution in [2.75, 3.05) is 5.32 Å². The standard InChI is InChI=1S/C16H14N10O/c27-16(22-13-5-1-2-6-14(13)25-11-20-23-24-25)19-8-12-4-3-7-18-15(12)26-10-17-9-21-26/h1-7,9-11H,8H2,(H2,19,22,27). The van der Waals surface area contributed by atoms with Crippen LogP contribution in [0.5, 0.6) is 0 Å². The quantitative estimate of drug-likeness (QED) is 0.541. The van der Waals surface area contributed by atoms with Gasteiger partial charge in [-0.3, -0.25) is 0 Å². The molecule has 0 aliphatic carbocycles. The molecule has 0 atom stereocenters. The highest BCUT2D eigenvalue weighted by Gasteiger charge is 2.11. The summed E-state index contributed by atoms with van der Waals surface area (Å²) in [5.74, 6) is 0.601. The van der Waals surface area contributed by atoms with E-state index in [0.29, 0.717) is 17.2 Å². The summed E-state index contributed by atoms with van der Waals surface area (Å²) in [6.07, 6.45) is 6.09. The Morgan fingerprint density at radius 1 is 1.07 bits per heavy atom. The summed E-state index contributed by atoms with van der Waals surface area (Å²) in [5, 5.41) is 20.8. The fraction of sp³-hybridized carbons (Fsp3) is 0.0625. The Bertz CT molecular complexity index is 1030.